The van der Waals surface area contributed by atoms with E-state index in [0.29, 0.717) is 23.9 Å². The van der Waals surface area contributed by atoms with Gasteiger partial charge in [-0.05, 0) is 29.1 Å². The largest absolute Gasteiger partial charge is 0.493 e. The molecule has 0 radical (unpaired) electrons. The van der Waals surface area contributed by atoms with Crippen LogP contribution in [0.2, 0.25) is 0 Å². The lowest BCUT2D eigenvalue weighted by atomic mass is 10.2. The maximum Gasteiger partial charge on any atom is 0.146 e. The number of ether oxygens (including phenoxy) is 1. The lowest BCUT2D eigenvalue weighted by Gasteiger charge is -2.10. The number of nitriles is 1. The summed E-state index contributed by atoms with van der Waals surface area (Å²) in [5.41, 5.74) is 3.46. The Morgan fingerprint density at radius 3 is 2.78 bits per heavy atom. The Bertz CT molecular complexity index is 1100. The van der Waals surface area contributed by atoms with Crippen LogP contribution in [0.5, 0.6) is 5.75 Å². The Morgan fingerprint density at radius 2 is 1.93 bits per heavy atom. The molecule has 0 aliphatic heterocycles. The third-order valence-corrected chi connectivity index (χ3v) is 4.24. The van der Waals surface area contributed by atoms with Crippen molar-refractivity contribution in [2.75, 3.05) is 11.9 Å². The molecule has 0 atom stereocenters. The number of aromatic amines is 1. The number of hydrogen-bond acceptors (Lipinski definition) is 4. The number of H-pyrrole nitrogens is 1. The average molecular weight is 354 g/mol. The Balaban J connectivity index is 1.49. The fourth-order valence-corrected chi connectivity index (χ4v) is 2.92. The zero-order chi connectivity index (χ0) is 18.5. The van der Waals surface area contributed by atoms with Gasteiger partial charge in [-0.25, -0.2) is 4.98 Å². The van der Waals surface area contributed by atoms with E-state index < -0.39 is 0 Å². The molecular formula is C22H18N4O. The van der Waals surface area contributed by atoms with Crippen molar-refractivity contribution in [1.29, 1.82) is 5.26 Å². The maximum absolute atomic E-state index is 9.27. The summed E-state index contributed by atoms with van der Waals surface area (Å²) in [7, 11) is 0. The second kappa shape index (κ2) is 7.63. The number of nitrogens with one attached hydrogen (secondary N) is 2. The van der Waals surface area contributed by atoms with Gasteiger partial charge in [0, 0.05) is 36.0 Å². The van der Waals surface area contributed by atoms with E-state index in [2.05, 4.69) is 33.5 Å². The number of benzene rings is 2. The highest BCUT2D eigenvalue weighted by molar-refractivity contribution is 5.83. The first-order chi connectivity index (χ1) is 13.3. The van der Waals surface area contributed by atoms with Crippen LogP contribution >= 0.6 is 0 Å². The van der Waals surface area contributed by atoms with Crippen LogP contribution in [0.1, 0.15) is 11.3 Å². The van der Waals surface area contributed by atoms with Crippen molar-refractivity contribution in [3.05, 3.63) is 84.2 Å². The zero-order valence-electron chi connectivity index (χ0n) is 14.6. The summed E-state index contributed by atoms with van der Waals surface area (Å²) < 4.78 is 5.85. The third kappa shape index (κ3) is 4.07. The molecule has 5 heteroatoms. The van der Waals surface area contributed by atoms with E-state index in [4.69, 9.17) is 4.74 Å². The van der Waals surface area contributed by atoms with Crippen LogP contribution in [0.4, 0.5) is 11.5 Å². The van der Waals surface area contributed by atoms with E-state index in [1.54, 1.807) is 6.07 Å². The SMILES string of the molecule is N#Cc1cc(OCCc2ccccc2)cc(Nc2ccc3cc[nH]c3c2)n1. The van der Waals surface area contributed by atoms with Gasteiger partial charge >= 0.3 is 0 Å². The van der Waals surface area contributed by atoms with Crippen molar-refractivity contribution < 1.29 is 4.74 Å². The molecule has 27 heavy (non-hydrogen) atoms. The second-order valence-corrected chi connectivity index (χ2v) is 6.17. The van der Waals surface area contributed by atoms with E-state index in [9.17, 15) is 5.26 Å². The third-order valence-electron chi connectivity index (χ3n) is 4.24. The molecule has 2 heterocycles. The second-order valence-electron chi connectivity index (χ2n) is 6.17. The minimum atomic E-state index is 0.315. The predicted molar refractivity (Wildman–Crippen MR) is 106 cm³/mol. The molecular weight excluding hydrogens is 336 g/mol. The van der Waals surface area contributed by atoms with Crippen LogP contribution in [0.3, 0.4) is 0 Å². The van der Waals surface area contributed by atoms with Gasteiger partial charge in [-0.3, -0.25) is 0 Å². The number of pyridine rings is 1. The molecule has 0 saturated heterocycles. The maximum atomic E-state index is 9.27. The van der Waals surface area contributed by atoms with E-state index in [1.165, 1.54) is 5.56 Å². The highest BCUT2D eigenvalue weighted by Gasteiger charge is 2.06. The van der Waals surface area contributed by atoms with E-state index in [0.717, 1.165) is 23.0 Å². The summed E-state index contributed by atoms with van der Waals surface area (Å²) in [6.45, 7) is 0.534. The summed E-state index contributed by atoms with van der Waals surface area (Å²) >= 11 is 0. The molecule has 0 spiro atoms. The molecule has 0 aliphatic rings. The monoisotopic (exact) mass is 354 g/mol. The lowest BCUT2D eigenvalue weighted by molar-refractivity contribution is 0.321. The van der Waals surface area contributed by atoms with Gasteiger partial charge in [0.15, 0.2) is 0 Å². The van der Waals surface area contributed by atoms with Gasteiger partial charge in [0.1, 0.15) is 23.3 Å². The van der Waals surface area contributed by atoms with E-state index >= 15 is 0 Å². The number of aromatic nitrogens is 2. The van der Waals surface area contributed by atoms with Crippen molar-refractivity contribution in [2.45, 2.75) is 6.42 Å². The van der Waals surface area contributed by atoms with Gasteiger partial charge in [0.25, 0.3) is 0 Å². The van der Waals surface area contributed by atoms with Crippen LogP contribution in [0, 0.1) is 11.3 Å². The number of hydrogen-bond donors (Lipinski definition) is 2. The summed E-state index contributed by atoms with van der Waals surface area (Å²) in [6.07, 6.45) is 2.71. The van der Waals surface area contributed by atoms with Crippen molar-refractivity contribution >= 4 is 22.4 Å². The molecule has 0 amide bonds. The fraction of sp³-hybridized carbons (Fsp3) is 0.0909. The summed E-state index contributed by atoms with van der Waals surface area (Å²) in [5, 5.41) is 13.7. The van der Waals surface area contributed by atoms with Gasteiger partial charge in [-0.1, -0.05) is 36.4 Å². The fourth-order valence-electron chi connectivity index (χ4n) is 2.92. The molecule has 132 valence electrons. The molecule has 0 saturated carbocycles. The molecule has 4 aromatic rings. The minimum Gasteiger partial charge on any atom is -0.493 e. The Labute approximate surface area is 157 Å². The first-order valence-corrected chi connectivity index (χ1v) is 8.73. The molecule has 5 nitrogen and oxygen atoms in total. The minimum absolute atomic E-state index is 0.315. The summed E-state index contributed by atoms with van der Waals surface area (Å²) in [5.74, 6) is 1.20. The number of fused-ring (bicyclic) bond motifs is 1. The van der Waals surface area contributed by atoms with Gasteiger partial charge in [0.05, 0.1) is 6.61 Å². The first kappa shape index (κ1) is 16.7. The van der Waals surface area contributed by atoms with E-state index in [-0.39, 0.29) is 0 Å². The molecule has 0 bridgehead atoms. The normalized spacial score (nSPS) is 10.5. The number of nitrogens with zero attached hydrogens (tertiary/aromatic N) is 2. The molecule has 0 unspecified atom stereocenters. The number of anilines is 2. The highest BCUT2D eigenvalue weighted by atomic mass is 16.5. The van der Waals surface area contributed by atoms with E-state index in [1.807, 2.05) is 54.7 Å². The highest BCUT2D eigenvalue weighted by Crippen LogP contribution is 2.24. The van der Waals surface area contributed by atoms with Crippen LogP contribution < -0.4 is 10.1 Å². The van der Waals surface area contributed by atoms with Crippen molar-refractivity contribution in [3.8, 4) is 11.8 Å². The van der Waals surface area contributed by atoms with Crippen molar-refractivity contribution in [2.24, 2.45) is 0 Å². The first-order valence-electron chi connectivity index (χ1n) is 8.73. The quantitative estimate of drug-likeness (QED) is 0.522. The zero-order valence-corrected chi connectivity index (χ0v) is 14.6. The van der Waals surface area contributed by atoms with Gasteiger partial charge in [0.2, 0.25) is 0 Å². The standard InChI is InChI=1S/C22H18N4O/c23-15-19-12-20(27-11-9-16-4-2-1-3-5-16)14-22(26-19)25-18-7-6-17-8-10-24-21(17)13-18/h1-8,10,12-14,24H,9,11H2,(H,25,26). The Morgan fingerprint density at radius 1 is 1.04 bits per heavy atom. The van der Waals surface area contributed by atoms with Crippen LogP contribution in [-0.4, -0.2) is 16.6 Å². The predicted octanol–water partition coefficient (Wildman–Crippen LogP) is 4.80. The molecule has 2 N–H and O–H groups in total. The Hall–Kier alpha value is -3.78. The number of rotatable bonds is 6. The van der Waals surface area contributed by atoms with Crippen molar-refractivity contribution in [1.82, 2.24) is 9.97 Å². The topological polar surface area (TPSA) is 73.7 Å². The van der Waals surface area contributed by atoms with Crippen LogP contribution in [-0.2, 0) is 6.42 Å². The molecule has 0 fully saturated rings. The Kier molecular flexibility index (Phi) is 4.71. The van der Waals surface area contributed by atoms with Crippen LogP contribution in [0.25, 0.3) is 10.9 Å². The lowest BCUT2D eigenvalue weighted by Crippen LogP contribution is -2.03. The van der Waals surface area contributed by atoms with Gasteiger partial charge < -0.3 is 15.0 Å². The smallest absolute Gasteiger partial charge is 0.146 e. The summed E-state index contributed by atoms with van der Waals surface area (Å²) in [4.78, 5) is 7.50. The van der Waals surface area contributed by atoms with Crippen molar-refractivity contribution in [3.63, 3.8) is 0 Å². The van der Waals surface area contributed by atoms with Gasteiger partial charge in [-0.15, -0.1) is 0 Å². The molecule has 0 aliphatic carbocycles. The molecule has 2 aromatic carbocycles. The molecule has 2 aromatic heterocycles. The molecule has 4 rings (SSSR count). The summed E-state index contributed by atoms with van der Waals surface area (Å²) in [6, 6.07) is 23.7. The average Bonchev–Trinajstić information content (AvgIpc) is 3.16. The van der Waals surface area contributed by atoms with Gasteiger partial charge in [-0.2, -0.15) is 5.26 Å². The van der Waals surface area contributed by atoms with Crippen LogP contribution in [0.15, 0.2) is 72.9 Å².